The van der Waals surface area contributed by atoms with Gasteiger partial charge in [-0.15, -0.1) is 0 Å². The first-order valence-corrected chi connectivity index (χ1v) is 8.62. The van der Waals surface area contributed by atoms with Crippen LogP contribution in [0.25, 0.3) is 21.9 Å². The molecule has 0 radical (unpaired) electrons. The van der Waals surface area contributed by atoms with E-state index in [1.54, 1.807) is 12.5 Å². The molecule has 5 N–H and O–H groups in total. The lowest BCUT2D eigenvalue weighted by Gasteiger charge is -2.12. The summed E-state index contributed by atoms with van der Waals surface area (Å²) in [7, 11) is 0. The average Bonchev–Trinajstić information content (AvgIpc) is 3.32. The first-order chi connectivity index (χ1) is 13.2. The number of benzene rings is 2. The van der Waals surface area contributed by atoms with Crippen molar-refractivity contribution in [3.05, 3.63) is 72.3 Å². The second-order valence-electron chi connectivity index (χ2n) is 6.44. The van der Waals surface area contributed by atoms with E-state index in [-0.39, 0.29) is 5.95 Å². The van der Waals surface area contributed by atoms with Gasteiger partial charge in [0.15, 0.2) is 0 Å². The van der Waals surface area contributed by atoms with E-state index in [2.05, 4.69) is 54.5 Å². The topological polar surface area (TPSA) is 108 Å². The summed E-state index contributed by atoms with van der Waals surface area (Å²) in [6, 6.07) is 14.4. The van der Waals surface area contributed by atoms with E-state index in [1.807, 2.05) is 24.4 Å². The molecule has 132 valence electrons. The number of nitrogens with zero attached hydrogens (tertiary/aromatic N) is 3. The number of nitrogen functional groups attached to an aromatic ring is 1. The Morgan fingerprint density at radius 2 is 1.89 bits per heavy atom. The van der Waals surface area contributed by atoms with Crippen molar-refractivity contribution in [3.63, 3.8) is 0 Å². The zero-order chi connectivity index (χ0) is 18.2. The van der Waals surface area contributed by atoms with Gasteiger partial charge in [0.1, 0.15) is 5.82 Å². The molecule has 5 rings (SSSR count). The van der Waals surface area contributed by atoms with Crippen molar-refractivity contribution < 1.29 is 0 Å². The molecule has 0 aliphatic heterocycles. The van der Waals surface area contributed by atoms with Crippen LogP contribution in [-0.2, 0) is 6.42 Å². The van der Waals surface area contributed by atoms with Crippen molar-refractivity contribution in [2.75, 3.05) is 11.1 Å². The van der Waals surface area contributed by atoms with Crippen LogP contribution in [0.15, 0.2) is 61.2 Å². The molecule has 0 spiro atoms. The Morgan fingerprint density at radius 3 is 2.85 bits per heavy atom. The molecular weight excluding hydrogens is 338 g/mol. The lowest BCUT2D eigenvalue weighted by atomic mass is 10.0. The van der Waals surface area contributed by atoms with E-state index in [4.69, 9.17) is 5.73 Å². The van der Waals surface area contributed by atoms with Gasteiger partial charge < -0.3 is 21.0 Å². The normalized spacial score (nSPS) is 11.3. The van der Waals surface area contributed by atoms with E-state index in [0.29, 0.717) is 12.2 Å². The number of imidazole rings is 1. The van der Waals surface area contributed by atoms with Gasteiger partial charge in [-0.05, 0) is 47.3 Å². The Balaban J connectivity index is 1.48. The standard InChI is InChI=1S/C20H17N7/c21-20-23-10-14(8-12-1-3-16-13(7-12)5-6-22-16)19(27-20)26-15-2-4-17-18(9-15)25-11-24-17/h1-7,9-11,22H,8H2,(H,24,25)(H3,21,23,26,27). The zero-order valence-electron chi connectivity index (χ0n) is 14.4. The van der Waals surface area contributed by atoms with Crippen molar-refractivity contribution in [1.82, 2.24) is 24.9 Å². The molecule has 0 atom stereocenters. The van der Waals surface area contributed by atoms with E-state index in [1.165, 1.54) is 10.9 Å². The van der Waals surface area contributed by atoms with Crippen molar-refractivity contribution in [2.24, 2.45) is 0 Å². The molecule has 5 aromatic rings. The highest BCUT2D eigenvalue weighted by Gasteiger charge is 2.09. The first kappa shape index (κ1) is 15.4. The SMILES string of the molecule is Nc1ncc(Cc2ccc3[nH]ccc3c2)c(Nc2ccc3[nH]cnc3c2)n1. The van der Waals surface area contributed by atoms with Crippen LogP contribution in [0.3, 0.4) is 0 Å². The summed E-state index contributed by atoms with van der Waals surface area (Å²) in [5, 5.41) is 4.54. The molecule has 7 heteroatoms. The van der Waals surface area contributed by atoms with Crippen molar-refractivity contribution in [2.45, 2.75) is 6.42 Å². The van der Waals surface area contributed by atoms with Crippen LogP contribution >= 0.6 is 0 Å². The predicted octanol–water partition coefficient (Wildman–Crippen LogP) is 3.75. The molecule has 0 saturated carbocycles. The fourth-order valence-corrected chi connectivity index (χ4v) is 3.24. The summed E-state index contributed by atoms with van der Waals surface area (Å²) >= 11 is 0. The van der Waals surface area contributed by atoms with E-state index in [9.17, 15) is 0 Å². The van der Waals surface area contributed by atoms with Crippen molar-refractivity contribution in [3.8, 4) is 0 Å². The Hall–Kier alpha value is -3.87. The highest BCUT2D eigenvalue weighted by molar-refractivity contribution is 5.81. The number of aromatic amines is 2. The van der Waals surface area contributed by atoms with Crippen LogP contribution in [0, 0.1) is 0 Å². The highest BCUT2D eigenvalue weighted by atomic mass is 15.1. The summed E-state index contributed by atoms with van der Waals surface area (Å²) in [6.45, 7) is 0. The number of fused-ring (bicyclic) bond motifs is 2. The molecule has 3 heterocycles. The minimum Gasteiger partial charge on any atom is -0.368 e. The monoisotopic (exact) mass is 355 g/mol. The number of rotatable bonds is 4. The van der Waals surface area contributed by atoms with Crippen molar-refractivity contribution >= 4 is 39.4 Å². The Labute approximate surface area is 154 Å². The van der Waals surface area contributed by atoms with E-state index >= 15 is 0 Å². The molecule has 0 amide bonds. The maximum Gasteiger partial charge on any atom is 0.221 e. The van der Waals surface area contributed by atoms with Gasteiger partial charge in [0.05, 0.1) is 17.4 Å². The molecule has 0 fully saturated rings. The number of anilines is 3. The van der Waals surface area contributed by atoms with Gasteiger partial charge in [-0.25, -0.2) is 9.97 Å². The molecule has 0 aliphatic rings. The molecule has 0 saturated heterocycles. The largest absolute Gasteiger partial charge is 0.368 e. The Morgan fingerprint density at radius 1 is 0.963 bits per heavy atom. The summed E-state index contributed by atoms with van der Waals surface area (Å²) in [6.07, 6.45) is 6.10. The molecule has 0 unspecified atom stereocenters. The van der Waals surface area contributed by atoms with E-state index in [0.717, 1.165) is 27.8 Å². The molecule has 3 aromatic heterocycles. The molecule has 0 bridgehead atoms. The minimum absolute atomic E-state index is 0.239. The average molecular weight is 355 g/mol. The fourth-order valence-electron chi connectivity index (χ4n) is 3.24. The highest BCUT2D eigenvalue weighted by Crippen LogP contribution is 2.25. The third-order valence-electron chi connectivity index (χ3n) is 4.58. The quantitative estimate of drug-likeness (QED) is 0.393. The maximum absolute atomic E-state index is 5.83. The fraction of sp³-hybridized carbons (Fsp3) is 0.0500. The smallest absolute Gasteiger partial charge is 0.221 e. The Kier molecular flexibility index (Phi) is 3.50. The molecule has 2 aromatic carbocycles. The van der Waals surface area contributed by atoms with Crippen LogP contribution in [0.1, 0.15) is 11.1 Å². The van der Waals surface area contributed by atoms with Crippen LogP contribution in [-0.4, -0.2) is 24.9 Å². The number of hydrogen-bond donors (Lipinski definition) is 4. The Bertz CT molecular complexity index is 1250. The van der Waals surface area contributed by atoms with Crippen LogP contribution in [0.5, 0.6) is 0 Å². The molecular formula is C20H17N7. The summed E-state index contributed by atoms with van der Waals surface area (Å²) < 4.78 is 0. The van der Waals surface area contributed by atoms with Gasteiger partial charge in [-0.2, -0.15) is 4.98 Å². The van der Waals surface area contributed by atoms with Gasteiger partial charge in [-0.1, -0.05) is 6.07 Å². The lowest BCUT2D eigenvalue weighted by molar-refractivity contribution is 1.09. The van der Waals surface area contributed by atoms with E-state index < -0.39 is 0 Å². The van der Waals surface area contributed by atoms with Gasteiger partial charge >= 0.3 is 0 Å². The van der Waals surface area contributed by atoms with Gasteiger partial charge in [0.2, 0.25) is 5.95 Å². The van der Waals surface area contributed by atoms with Gasteiger partial charge in [0.25, 0.3) is 0 Å². The lowest BCUT2D eigenvalue weighted by Crippen LogP contribution is -2.04. The second kappa shape index (κ2) is 6.14. The van der Waals surface area contributed by atoms with Crippen LogP contribution in [0.4, 0.5) is 17.5 Å². The maximum atomic E-state index is 5.83. The summed E-state index contributed by atoms with van der Waals surface area (Å²) in [5.74, 6) is 0.940. The number of aromatic nitrogens is 5. The number of H-pyrrole nitrogens is 2. The third-order valence-corrected chi connectivity index (χ3v) is 4.58. The third kappa shape index (κ3) is 2.95. The summed E-state index contributed by atoms with van der Waals surface area (Å²) in [5.41, 5.74) is 11.9. The summed E-state index contributed by atoms with van der Waals surface area (Å²) in [4.78, 5) is 19.2. The zero-order valence-corrected chi connectivity index (χ0v) is 14.4. The molecule has 7 nitrogen and oxygen atoms in total. The van der Waals surface area contributed by atoms with Gasteiger partial charge in [0, 0.05) is 35.6 Å². The molecule has 0 aliphatic carbocycles. The minimum atomic E-state index is 0.239. The van der Waals surface area contributed by atoms with Crippen LogP contribution < -0.4 is 11.1 Å². The second-order valence-corrected chi connectivity index (χ2v) is 6.44. The van der Waals surface area contributed by atoms with Gasteiger partial charge in [-0.3, -0.25) is 0 Å². The number of nitrogens with two attached hydrogens (primary N) is 1. The van der Waals surface area contributed by atoms with Crippen molar-refractivity contribution in [1.29, 1.82) is 0 Å². The first-order valence-electron chi connectivity index (χ1n) is 8.62. The molecule has 27 heavy (non-hydrogen) atoms. The predicted molar refractivity (Wildman–Crippen MR) is 107 cm³/mol. The van der Waals surface area contributed by atoms with Crippen LogP contribution in [0.2, 0.25) is 0 Å². The number of hydrogen-bond acceptors (Lipinski definition) is 5. The number of nitrogens with one attached hydrogen (secondary N) is 3.